The SMILES string of the molecule is COc1cccc(CN2CCN(c3nccc4ccccc34)CC2=O)c1. The van der Waals surface area contributed by atoms with E-state index in [0.717, 1.165) is 34.4 Å². The number of amides is 1. The smallest absolute Gasteiger partial charge is 0.242 e. The lowest BCUT2D eigenvalue weighted by Gasteiger charge is -2.35. The summed E-state index contributed by atoms with van der Waals surface area (Å²) in [6.07, 6.45) is 1.81. The first-order valence-corrected chi connectivity index (χ1v) is 8.74. The van der Waals surface area contributed by atoms with Crippen LogP contribution in [-0.2, 0) is 11.3 Å². The fourth-order valence-electron chi connectivity index (χ4n) is 3.40. The number of piperazine rings is 1. The molecule has 1 fully saturated rings. The molecule has 2 heterocycles. The van der Waals surface area contributed by atoms with Gasteiger partial charge >= 0.3 is 0 Å². The van der Waals surface area contributed by atoms with E-state index >= 15 is 0 Å². The van der Waals surface area contributed by atoms with Gasteiger partial charge in [0.2, 0.25) is 5.91 Å². The molecule has 0 unspecified atom stereocenters. The first-order chi connectivity index (χ1) is 12.7. The standard InChI is InChI=1S/C21H21N3O2/c1-26-18-7-4-5-16(13-18)14-23-11-12-24(15-20(23)25)21-19-8-3-2-6-17(19)9-10-22-21/h2-10,13H,11-12,14-15H2,1H3. The highest BCUT2D eigenvalue weighted by Crippen LogP contribution is 2.25. The summed E-state index contributed by atoms with van der Waals surface area (Å²) in [6, 6.07) is 18.0. The fourth-order valence-corrected chi connectivity index (χ4v) is 3.40. The molecule has 26 heavy (non-hydrogen) atoms. The van der Waals surface area contributed by atoms with Gasteiger partial charge in [0.05, 0.1) is 13.7 Å². The van der Waals surface area contributed by atoms with Gasteiger partial charge in [-0.3, -0.25) is 4.79 Å². The Labute approximate surface area is 152 Å². The number of anilines is 1. The van der Waals surface area contributed by atoms with E-state index in [1.165, 1.54) is 0 Å². The van der Waals surface area contributed by atoms with Gasteiger partial charge in [-0.15, -0.1) is 0 Å². The summed E-state index contributed by atoms with van der Waals surface area (Å²) >= 11 is 0. The van der Waals surface area contributed by atoms with Gasteiger partial charge in [0.25, 0.3) is 0 Å². The minimum atomic E-state index is 0.119. The molecular formula is C21H21N3O2. The van der Waals surface area contributed by atoms with Crippen molar-refractivity contribution in [1.29, 1.82) is 0 Å². The van der Waals surface area contributed by atoms with Gasteiger partial charge in [-0.2, -0.15) is 0 Å². The summed E-state index contributed by atoms with van der Waals surface area (Å²) in [5, 5.41) is 2.23. The second kappa shape index (κ2) is 7.04. The minimum absolute atomic E-state index is 0.119. The zero-order valence-electron chi connectivity index (χ0n) is 14.8. The molecule has 5 heteroatoms. The maximum atomic E-state index is 12.7. The second-order valence-corrected chi connectivity index (χ2v) is 6.44. The molecule has 0 bridgehead atoms. The van der Waals surface area contributed by atoms with Crippen molar-refractivity contribution in [3.8, 4) is 5.75 Å². The highest BCUT2D eigenvalue weighted by molar-refractivity contribution is 5.94. The van der Waals surface area contributed by atoms with Crippen molar-refractivity contribution in [3.05, 3.63) is 66.4 Å². The number of ether oxygens (including phenoxy) is 1. The van der Waals surface area contributed by atoms with Crippen molar-refractivity contribution in [1.82, 2.24) is 9.88 Å². The third-order valence-corrected chi connectivity index (χ3v) is 4.78. The van der Waals surface area contributed by atoms with Gasteiger partial charge in [0, 0.05) is 31.2 Å². The summed E-state index contributed by atoms with van der Waals surface area (Å²) in [7, 11) is 1.65. The first kappa shape index (κ1) is 16.4. The maximum Gasteiger partial charge on any atom is 0.242 e. The second-order valence-electron chi connectivity index (χ2n) is 6.44. The van der Waals surface area contributed by atoms with Gasteiger partial charge in [0.1, 0.15) is 11.6 Å². The number of benzene rings is 2. The van der Waals surface area contributed by atoms with E-state index in [1.807, 2.05) is 53.6 Å². The summed E-state index contributed by atoms with van der Waals surface area (Å²) in [5.41, 5.74) is 1.08. The molecular weight excluding hydrogens is 326 g/mol. The zero-order valence-corrected chi connectivity index (χ0v) is 14.8. The Morgan fingerprint density at radius 3 is 2.81 bits per heavy atom. The monoisotopic (exact) mass is 347 g/mol. The van der Waals surface area contributed by atoms with Crippen LogP contribution >= 0.6 is 0 Å². The minimum Gasteiger partial charge on any atom is -0.497 e. The Balaban J connectivity index is 1.50. The van der Waals surface area contributed by atoms with E-state index in [4.69, 9.17) is 4.74 Å². The Bertz CT molecular complexity index is 936. The molecule has 1 aromatic heterocycles. The number of aromatic nitrogens is 1. The summed E-state index contributed by atoms with van der Waals surface area (Å²) in [5.74, 6) is 1.82. The molecule has 1 saturated heterocycles. The number of methoxy groups -OCH3 is 1. The van der Waals surface area contributed by atoms with Crippen LogP contribution in [0.25, 0.3) is 10.8 Å². The number of rotatable bonds is 4. The highest BCUT2D eigenvalue weighted by atomic mass is 16.5. The molecule has 0 N–H and O–H groups in total. The topological polar surface area (TPSA) is 45.7 Å². The average Bonchev–Trinajstić information content (AvgIpc) is 2.69. The number of hydrogen-bond donors (Lipinski definition) is 0. The van der Waals surface area contributed by atoms with Crippen LogP contribution in [0, 0.1) is 0 Å². The van der Waals surface area contributed by atoms with Crippen LogP contribution in [-0.4, -0.2) is 42.5 Å². The predicted octanol–water partition coefficient (Wildman–Crippen LogP) is 3.09. The Morgan fingerprint density at radius 1 is 1.08 bits per heavy atom. The number of pyridine rings is 1. The summed E-state index contributed by atoms with van der Waals surface area (Å²) in [6.45, 7) is 2.41. The molecule has 5 nitrogen and oxygen atoms in total. The normalized spacial score (nSPS) is 14.7. The van der Waals surface area contributed by atoms with Crippen molar-refractivity contribution in [2.45, 2.75) is 6.54 Å². The molecule has 1 aliphatic heterocycles. The van der Waals surface area contributed by atoms with E-state index in [9.17, 15) is 4.79 Å². The van der Waals surface area contributed by atoms with Crippen LogP contribution in [0.15, 0.2) is 60.8 Å². The lowest BCUT2D eigenvalue weighted by Crippen LogP contribution is -2.50. The quantitative estimate of drug-likeness (QED) is 0.728. The van der Waals surface area contributed by atoms with Crippen molar-refractivity contribution in [2.75, 3.05) is 31.6 Å². The van der Waals surface area contributed by atoms with Crippen molar-refractivity contribution in [2.24, 2.45) is 0 Å². The lowest BCUT2D eigenvalue weighted by atomic mass is 10.1. The van der Waals surface area contributed by atoms with Gasteiger partial charge in [-0.25, -0.2) is 4.98 Å². The molecule has 2 aromatic carbocycles. The lowest BCUT2D eigenvalue weighted by molar-refractivity contribution is -0.131. The third kappa shape index (κ3) is 3.20. The Kier molecular flexibility index (Phi) is 4.44. The number of fused-ring (bicyclic) bond motifs is 1. The van der Waals surface area contributed by atoms with Gasteiger partial charge < -0.3 is 14.5 Å². The molecule has 4 rings (SSSR count). The molecule has 0 spiro atoms. The predicted molar refractivity (Wildman–Crippen MR) is 102 cm³/mol. The van der Waals surface area contributed by atoms with Crippen molar-refractivity contribution in [3.63, 3.8) is 0 Å². The number of hydrogen-bond acceptors (Lipinski definition) is 4. The third-order valence-electron chi connectivity index (χ3n) is 4.78. The van der Waals surface area contributed by atoms with Crippen molar-refractivity contribution >= 4 is 22.5 Å². The largest absolute Gasteiger partial charge is 0.497 e. The van der Waals surface area contributed by atoms with E-state index in [1.54, 1.807) is 7.11 Å². The van der Waals surface area contributed by atoms with Gasteiger partial charge in [-0.1, -0.05) is 36.4 Å². The fraction of sp³-hybridized carbons (Fsp3) is 0.238. The molecule has 132 valence electrons. The number of carbonyl (C=O) groups is 1. The van der Waals surface area contributed by atoms with Gasteiger partial charge in [0.15, 0.2) is 0 Å². The number of nitrogens with zero attached hydrogens (tertiary/aromatic N) is 3. The van der Waals surface area contributed by atoms with Crippen molar-refractivity contribution < 1.29 is 9.53 Å². The maximum absolute atomic E-state index is 12.7. The van der Waals surface area contributed by atoms with Crippen LogP contribution < -0.4 is 9.64 Å². The molecule has 0 saturated carbocycles. The molecule has 0 aliphatic carbocycles. The molecule has 1 aliphatic rings. The van der Waals surface area contributed by atoms with Crippen LogP contribution in [0.3, 0.4) is 0 Å². The summed E-state index contributed by atoms with van der Waals surface area (Å²) in [4.78, 5) is 21.2. The van der Waals surface area contributed by atoms with E-state index < -0.39 is 0 Å². The molecule has 3 aromatic rings. The van der Waals surface area contributed by atoms with Crippen LogP contribution in [0.5, 0.6) is 5.75 Å². The van der Waals surface area contributed by atoms with Crippen LogP contribution in [0.1, 0.15) is 5.56 Å². The molecule has 1 amide bonds. The number of carbonyl (C=O) groups excluding carboxylic acids is 1. The molecule has 0 atom stereocenters. The Hall–Kier alpha value is -3.08. The van der Waals surface area contributed by atoms with E-state index in [0.29, 0.717) is 19.6 Å². The van der Waals surface area contributed by atoms with E-state index in [2.05, 4.69) is 22.0 Å². The summed E-state index contributed by atoms with van der Waals surface area (Å²) < 4.78 is 5.27. The zero-order chi connectivity index (χ0) is 17.9. The van der Waals surface area contributed by atoms with Crippen LogP contribution in [0.4, 0.5) is 5.82 Å². The average molecular weight is 347 g/mol. The van der Waals surface area contributed by atoms with Crippen LogP contribution in [0.2, 0.25) is 0 Å². The first-order valence-electron chi connectivity index (χ1n) is 8.74. The molecule has 0 radical (unpaired) electrons. The van der Waals surface area contributed by atoms with E-state index in [-0.39, 0.29) is 5.91 Å². The highest BCUT2D eigenvalue weighted by Gasteiger charge is 2.25. The Morgan fingerprint density at radius 2 is 1.96 bits per heavy atom. The van der Waals surface area contributed by atoms with Gasteiger partial charge in [-0.05, 0) is 29.1 Å².